The quantitative estimate of drug-likeness (QED) is 0.421. The Morgan fingerprint density at radius 1 is 1.17 bits per heavy atom. The van der Waals surface area contributed by atoms with Gasteiger partial charge in [-0.2, -0.15) is 0 Å². The minimum absolute atomic E-state index is 0.352. The van der Waals surface area contributed by atoms with E-state index in [0.717, 1.165) is 0 Å². The van der Waals surface area contributed by atoms with Gasteiger partial charge in [0.05, 0.1) is 7.85 Å². The van der Waals surface area contributed by atoms with E-state index < -0.39 is 0 Å². The van der Waals surface area contributed by atoms with Crippen LogP contribution in [0.1, 0.15) is 20.8 Å². The predicted molar refractivity (Wildman–Crippen MR) is 30.0 cm³/mol. The standard InChI is InChI=1S/C5H11B/c1-4(2)5(3)6/h4-5H,1-3H3. The van der Waals surface area contributed by atoms with E-state index >= 15 is 0 Å². The van der Waals surface area contributed by atoms with Crippen molar-refractivity contribution in [2.24, 2.45) is 5.92 Å². The van der Waals surface area contributed by atoms with Gasteiger partial charge in [-0.15, -0.1) is 0 Å². The molecule has 2 radical (unpaired) electrons. The van der Waals surface area contributed by atoms with E-state index in [2.05, 4.69) is 13.8 Å². The Bertz CT molecular complexity index is 24.9. The first kappa shape index (κ1) is 6.06. The van der Waals surface area contributed by atoms with E-state index in [1.54, 1.807) is 0 Å². The first-order chi connectivity index (χ1) is 2.64. The molecule has 0 aliphatic rings. The minimum Gasteiger partial charge on any atom is -0.0779 e. The molecule has 0 heterocycles. The van der Waals surface area contributed by atoms with Crippen molar-refractivity contribution < 1.29 is 0 Å². The Labute approximate surface area is 41.4 Å². The second-order valence-electron chi connectivity index (χ2n) is 2.10. The first-order valence-corrected chi connectivity index (χ1v) is 2.40. The molecule has 0 saturated heterocycles. The molecular weight excluding hydrogens is 70.9 g/mol. The lowest BCUT2D eigenvalue weighted by molar-refractivity contribution is 0.625. The Morgan fingerprint density at radius 3 is 1.33 bits per heavy atom. The van der Waals surface area contributed by atoms with Crippen molar-refractivity contribution in [2.45, 2.75) is 26.6 Å². The fourth-order valence-corrected chi connectivity index (χ4v) is 0. The van der Waals surface area contributed by atoms with Gasteiger partial charge >= 0.3 is 0 Å². The van der Waals surface area contributed by atoms with Crippen molar-refractivity contribution in [3.63, 3.8) is 0 Å². The zero-order chi connectivity index (χ0) is 5.15. The van der Waals surface area contributed by atoms with Crippen LogP contribution in [0.4, 0.5) is 0 Å². The van der Waals surface area contributed by atoms with Crippen LogP contribution < -0.4 is 0 Å². The van der Waals surface area contributed by atoms with Gasteiger partial charge in [0.1, 0.15) is 0 Å². The van der Waals surface area contributed by atoms with Crippen LogP contribution in [-0.4, -0.2) is 7.85 Å². The van der Waals surface area contributed by atoms with Gasteiger partial charge in [-0.25, -0.2) is 0 Å². The average molecular weight is 82.0 g/mol. The van der Waals surface area contributed by atoms with Gasteiger partial charge < -0.3 is 0 Å². The lowest BCUT2D eigenvalue weighted by Gasteiger charge is -2.05. The summed E-state index contributed by atoms with van der Waals surface area (Å²) in [5.74, 6) is 0.981. The first-order valence-electron chi connectivity index (χ1n) is 2.40. The van der Waals surface area contributed by atoms with Crippen LogP contribution >= 0.6 is 0 Å². The third kappa shape index (κ3) is 2.31. The van der Waals surface area contributed by atoms with Crippen LogP contribution in [0, 0.1) is 5.92 Å². The molecule has 1 atom stereocenters. The monoisotopic (exact) mass is 82.1 g/mol. The maximum absolute atomic E-state index is 5.44. The second kappa shape index (κ2) is 2.28. The normalized spacial score (nSPS) is 15.3. The highest BCUT2D eigenvalue weighted by Crippen LogP contribution is 2.09. The zero-order valence-electron chi connectivity index (χ0n) is 4.73. The van der Waals surface area contributed by atoms with Gasteiger partial charge in [0, 0.05) is 0 Å². The van der Waals surface area contributed by atoms with E-state index in [-0.39, 0.29) is 0 Å². The third-order valence-electron chi connectivity index (χ3n) is 1.05. The van der Waals surface area contributed by atoms with Crippen LogP contribution in [0.15, 0.2) is 0 Å². The molecule has 0 aliphatic heterocycles. The second-order valence-corrected chi connectivity index (χ2v) is 2.10. The smallest absolute Gasteiger partial charge is 0.0699 e. The molecule has 34 valence electrons. The molecule has 0 aliphatic carbocycles. The maximum Gasteiger partial charge on any atom is 0.0699 e. The van der Waals surface area contributed by atoms with E-state index in [1.807, 2.05) is 6.92 Å². The van der Waals surface area contributed by atoms with Crippen LogP contribution in [0.2, 0.25) is 5.82 Å². The zero-order valence-corrected chi connectivity index (χ0v) is 4.73. The number of hydrogen-bond donors (Lipinski definition) is 0. The van der Waals surface area contributed by atoms with Crippen molar-refractivity contribution >= 4 is 7.85 Å². The maximum atomic E-state index is 5.44. The molecule has 6 heavy (non-hydrogen) atoms. The molecule has 0 amide bonds. The Morgan fingerprint density at radius 2 is 1.33 bits per heavy atom. The highest BCUT2D eigenvalue weighted by molar-refractivity contribution is 6.11. The summed E-state index contributed by atoms with van der Waals surface area (Å²) >= 11 is 0. The fraction of sp³-hybridized carbons (Fsp3) is 1.00. The van der Waals surface area contributed by atoms with Crippen LogP contribution in [0.25, 0.3) is 0 Å². The molecule has 0 aromatic heterocycles. The molecule has 0 bridgehead atoms. The minimum atomic E-state index is 0.352. The molecule has 0 fully saturated rings. The van der Waals surface area contributed by atoms with E-state index in [9.17, 15) is 0 Å². The van der Waals surface area contributed by atoms with Gasteiger partial charge in [0.15, 0.2) is 0 Å². The molecular formula is C5H11B. The number of hydrogen-bond acceptors (Lipinski definition) is 0. The van der Waals surface area contributed by atoms with Gasteiger partial charge in [0.25, 0.3) is 0 Å². The van der Waals surface area contributed by atoms with Crippen molar-refractivity contribution in [3.05, 3.63) is 0 Å². The molecule has 0 N–H and O–H groups in total. The summed E-state index contributed by atoms with van der Waals surface area (Å²) in [6.45, 7) is 6.25. The molecule has 0 spiro atoms. The summed E-state index contributed by atoms with van der Waals surface area (Å²) in [4.78, 5) is 0. The van der Waals surface area contributed by atoms with E-state index in [1.165, 1.54) is 0 Å². The van der Waals surface area contributed by atoms with Crippen molar-refractivity contribution in [1.82, 2.24) is 0 Å². The molecule has 0 aromatic carbocycles. The average Bonchev–Trinajstić information content (AvgIpc) is 1.36. The summed E-state index contributed by atoms with van der Waals surface area (Å²) in [6, 6.07) is 0. The summed E-state index contributed by atoms with van der Waals surface area (Å²) in [7, 11) is 5.44. The summed E-state index contributed by atoms with van der Waals surface area (Å²) in [6.07, 6.45) is 0. The van der Waals surface area contributed by atoms with Crippen molar-refractivity contribution in [2.75, 3.05) is 0 Å². The van der Waals surface area contributed by atoms with Crippen molar-refractivity contribution in [1.29, 1.82) is 0 Å². The van der Waals surface area contributed by atoms with Gasteiger partial charge in [-0.3, -0.25) is 0 Å². The van der Waals surface area contributed by atoms with Gasteiger partial charge in [-0.1, -0.05) is 32.5 Å². The predicted octanol–water partition coefficient (Wildman–Crippen LogP) is 1.62. The van der Waals surface area contributed by atoms with E-state index in [4.69, 9.17) is 7.85 Å². The van der Waals surface area contributed by atoms with Gasteiger partial charge in [-0.05, 0) is 0 Å². The van der Waals surface area contributed by atoms with Crippen LogP contribution in [0.5, 0.6) is 0 Å². The highest BCUT2D eigenvalue weighted by atomic mass is 14.0. The van der Waals surface area contributed by atoms with Gasteiger partial charge in [0.2, 0.25) is 0 Å². The van der Waals surface area contributed by atoms with Crippen LogP contribution in [-0.2, 0) is 0 Å². The highest BCUT2D eigenvalue weighted by Gasteiger charge is 1.95. The van der Waals surface area contributed by atoms with Crippen molar-refractivity contribution in [3.8, 4) is 0 Å². The molecule has 0 nitrogen and oxygen atoms in total. The largest absolute Gasteiger partial charge is 0.0779 e. The SMILES string of the molecule is [B]C(C)C(C)C. The number of rotatable bonds is 1. The van der Waals surface area contributed by atoms with E-state index in [0.29, 0.717) is 11.7 Å². The summed E-state index contributed by atoms with van der Waals surface area (Å²) < 4.78 is 0. The molecule has 1 heteroatoms. The lowest BCUT2D eigenvalue weighted by Crippen LogP contribution is -1.93. The lowest BCUT2D eigenvalue weighted by atomic mass is 9.80. The summed E-state index contributed by atoms with van der Waals surface area (Å²) in [5.41, 5.74) is 0. The Balaban J connectivity index is 2.99. The topological polar surface area (TPSA) is 0 Å². The molecule has 0 saturated carbocycles. The third-order valence-corrected chi connectivity index (χ3v) is 1.05. The molecule has 0 aromatic rings. The Hall–Kier alpha value is 0.0649. The Kier molecular flexibility index (Phi) is 2.30. The fourth-order valence-electron chi connectivity index (χ4n) is 0. The van der Waals surface area contributed by atoms with Crippen LogP contribution in [0.3, 0.4) is 0 Å². The summed E-state index contributed by atoms with van der Waals surface area (Å²) in [5, 5.41) is 0. The molecule has 1 unspecified atom stereocenters. The molecule has 0 rings (SSSR count).